The Labute approximate surface area is 138 Å². The van der Waals surface area contributed by atoms with Crippen molar-refractivity contribution in [2.24, 2.45) is 0 Å². The minimum absolute atomic E-state index is 0.300. The summed E-state index contributed by atoms with van der Waals surface area (Å²) in [7, 11) is 0. The quantitative estimate of drug-likeness (QED) is 0.823. The van der Waals surface area contributed by atoms with Gasteiger partial charge in [-0.3, -0.25) is 0 Å². The van der Waals surface area contributed by atoms with Crippen LogP contribution in [0.15, 0.2) is 30.6 Å². The molecule has 0 amide bonds. The van der Waals surface area contributed by atoms with Crippen LogP contribution in [-0.4, -0.2) is 26.8 Å². The molecule has 2 N–H and O–H groups in total. The van der Waals surface area contributed by atoms with E-state index in [1.165, 1.54) is 6.33 Å². The summed E-state index contributed by atoms with van der Waals surface area (Å²) in [6.07, 6.45) is 0.492. The zero-order valence-electron chi connectivity index (χ0n) is 12.6. The predicted molar refractivity (Wildman–Crippen MR) is 85.3 cm³/mol. The molecule has 1 aromatic carbocycles. The van der Waals surface area contributed by atoms with Crippen molar-refractivity contribution in [3.05, 3.63) is 46.9 Å². The maximum Gasteiger partial charge on any atom is 0.134 e. The van der Waals surface area contributed by atoms with E-state index in [9.17, 15) is 5.11 Å². The van der Waals surface area contributed by atoms with Gasteiger partial charge in [-0.1, -0.05) is 11.6 Å². The van der Waals surface area contributed by atoms with Gasteiger partial charge in [-0.25, -0.2) is 9.97 Å². The zero-order chi connectivity index (χ0) is 16.6. The van der Waals surface area contributed by atoms with Crippen LogP contribution in [0.1, 0.15) is 31.0 Å². The molecule has 6 nitrogen and oxygen atoms in total. The van der Waals surface area contributed by atoms with Crippen molar-refractivity contribution in [3.8, 4) is 11.8 Å². The van der Waals surface area contributed by atoms with Gasteiger partial charge >= 0.3 is 0 Å². The molecule has 2 heterocycles. The van der Waals surface area contributed by atoms with Crippen molar-refractivity contribution in [2.75, 3.05) is 5.32 Å². The Morgan fingerprint density at radius 2 is 2.13 bits per heavy atom. The van der Waals surface area contributed by atoms with E-state index in [-0.39, 0.29) is 0 Å². The number of aliphatic hydroxyl groups excluding tert-OH is 1. The van der Waals surface area contributed by atoms with Crippen LogP contribution < -0.4 is 10.1 Å². The number of ether oxygens (including phenoxy) is 1. The third-order valence-corrected chi connectivity index (χ3v) is 4.02. The first-order chi connectivity index (χ1) is 10.9. The van der Waals surface area contributed by atoms with Crippen LogP contribution in [0.4, 0.5) is 5.82 Å². The maximum absolute atomic E-state index is 10.7. The zero-order valence-corrected chi connectivity index (χ0v) is 13.4. The summed E-state index contributed by atoms with van der Waals surface area (Å²) in [4.78, 5) is 7.94. The Balaban J connectivity index is 2.05. The molecule has 0 saturated heterocycles. The van der Waals surface area contributed by atoms with E-state index in [2.05, 4.69) is 21.4 Å². The summed E-state index contributed by atoms with van der Waals surface area (Å²) in [5, 5.41) is 23.3. The summed E-state index contributed by atoms with van der Waals surface area (Å²) < 4.78 is 5.86. The number of rotatable bonds is 2. The fourth-order valence-electron chi connectivity index (χ4n) is 2.60. The van der Waals surface area contributed by atoms with Gasteiger partial charge < -0.3 is 15.2 Å². The second-order valence-corrected chi connectivity index (χ2v) is 6.25. The molecule has 2 aromatic rings. The smallest absolute Gasteiger partial charge is 0.134 e. The van der Waals surface area contributed by atoms with E-state index in [1.807, 2.05) is 0 Å². The van der Waals surface area contributed by atoms with Crippen molar-refractivity contribution in [2.45, 2.75) is 31.6 Å². The number of hydrogen-bond donors (Lipinski definition) is 2. The van der Waals surface area contributed by atoms with E-state index in [0.717, 1.165) is 0 Å². The fraction of sp³-hybridized carbons (Fsp3) is 0.312. The van der Waals surface area contributed by atoms with Crippen molar-refractivity contribution < 1.29 is 9.84 Å². The Bertz CT molecular complexity index is 788. The van der Waals surface area contributed by atoms with Crippen molar-refractivity contribution in [1.29, 1.82) is 5.26 Å². The standard InChI is InChI=1S/C16H15ClN4O2/c1-16(2)15(22)14(21-13-6-12(17)19-8-20-13)10-5-9(7-18)3-4-11(10)23-16/h3-6,8,14-15,22H,1-2H3,(H,19,20,21)/t14-,15+/m0/s1. The second kappa shape index (κ2) is 5.69. The molecule has 3 rings (SSSR count). The SMILES string of the molecule is CC1(C)Oc2ccc(C#N)cc2[C@H](Nc2cc(Cl)ncn2)[C@H]1O. The summed E-state index contributed by atoms with van der Waals surface area (Å²) in [6.45, 7) is 3.61. The fourth-order valence-corrected chi connectivity index (χ4v) is 2.74. The van der Waals surface area contributed by atoms with Gasteiger partial charge in [0.25, 0.3) is 0 Å². The molecule has 0 fully saturated rings. The maximum atomic E-state index is 10.7. The number of nitrogens with zero attached hydrogens (tertiary/aromatic N) is 3. The Kier molecular flexibility index (Phi) is 3.84. The average molecular weight is 331 g/mol. The highest BCUT2D eigenvalue weighted by atomic mass is 35.5. The molecule has 23 heavy (non-hydrogen) atoms. The lowest BCUT2D eigenvalue weighted by molar-refractivity contribution is -0.0533. The van der Waals surface area contributed by atoms with Gasteiger partial charge in [-0.2, -0.15) is 5.26 Å². The van der Waals surface area contributed by atoms with E-state index in [1.54, 1.807) is 38.1 Å². The average Bonchev–Trinajstić information content (AvgIpc) is 2.51. The molecule has 0 spiro atoms. The van der Waals surface area contributed by atoms with Gasteiger partial charge in [-0.15, -0.1) is 0 Å². The number of hydrogen-bond acceptors (Lipinski definition) is 6. The lowest BCUT2D eigenvalue weighted by Crippen LogP contribution is -2.50. The molecule has 0 bridgehead atoms. The van der Waals surface area contributed by atoms with Crippen LogP contribution in [0.2, 0.25) is 5.15 Å². The summed E-state index contributed by atoms with van der Waals surface area (Å²) in [5.74, 6) is 1.11. The highest BCUT2D eigenvalue weighted by Crippen LogP contribution is 2.41. The van der Waals surface area contributed by atoms with E-state index < -0.39 is 17.7 Å². The molecule has 118 valence electrons. The summed E-state index contributed by atoms with van der Waals surface area (Å²) >= 11 is 5.88. The molecule has 0 aliphatic carbocycles. The number of anilines is 1. The van der Waals surface area contributed by atoms with Crippen molar-refractivity contribution in [1.82, 2.24) is 9.97 Å². The van der Waals surface area contributed by atoms with E-state index in [4.69, 9.17) is 21.6 Å². The molecule has 1 aliphatic heterocycles. The van der Waals surface area contributed by atoms with Gasteiger partial charge in [0, 0.05) is 11.6 Å². The Hall–Kier alpha value is -2.36. The Morgan fingerprint density at radius 3 is 2.83 bits per heavy atom. The minimum atomic E-state index is -0.849. The topological polar surface area (TPSA) is 91.1 Å². The first kappa shape index (κ1) is 15.5. The number of halogens is 1. The molecule has 0 unspecified atom stereocenters. The first-order valence-corrected chi connectivity index (χ1v) is 7.44. The van der Waals surface area contributed by atoms with Gasteiger partial charge in [0.2, 0.25) is 0 Å². The number of nitriles is 1. The van der Waals surface area contributed by atoms with Crippen LogP contribution >= 0.6 is 11.6 Å². The van der Waals surface area contributed by atoms with Crippen LogP contribution in [0, 0.1) is 11.3 Å². The third kappa shape index (κ3) is 2.93. The molecule has 2 atom stereocenters. The van der Waals surface area contributed by atoms with Crippen LogP contribution in [0.3, 0.4) is 0 Å². The molecule has 0 saturated carbocycles. The van der Waals surface area contributed by atoms with E-state index >= 15 is 0 Å². The lowest BCUT2D eigenvalue weighted by Gasteiger charge is -2.42. The molecular formula is C16H15ClN4O2. The lowest BCUT2D eigenvalue weighted by atomic mass is 9.86. The third-order valence-electron chi connectivity index (χ3n) is 3.81. The van der Waals surface area contributed by atoms with Crippen LogP contribution in [0.5, 0.6) is 5.75 Å². The van der Waals surface area contributed by atoms with Gasteiger partial charge in [0.15, 0.2) is 0 Å². The monoisotopic (exact) mass is 330 g/mol. The number of benzene rings is 1. The molecule has 1 aliphatic rings. The van der Waals surface area contributed by atoms with Crippen LogP contribution in [-0.2, 0) is 0 Å². The normalized spacial score (nSPS) is 21.7. The van der Waals surface area contributed by atoms with Gasteiger partial charge in [0.1, 0.15) is 34.8 Å². The van der Waals surface area contributed by atoms with E-state index in [0.29, 0.717) is 27.8 Å². The largest absolute Gasteiger partial charge is 0.485 e. The van der Waals surface area contributed by atoms with Crippen molar-refractivity contribution >= 4 is 17.4 Å². The number of nitrogens with one attached hydrogen (secondary N) is 1. The van der Waals surface area contributed by atoms with Gasteiger partial charge in [0.05, 0.1) is 17.7 Å². The second-order valence-electron chi connectivity index (χ2n) is 5.86. The van der Waals surface area contributed by atoms with Crippen LogP contribution in [0.25, 0.3) is 0 Å². The number of aliphatic hydroxyl groups is 1. The van der Waals surface area contributed by atoms with Crippen molar-refractivity contribution in [3.63, 3.8) is 0 Å². The highest BCUT2D eigenvalue weighted by molar-refractivity contribution is 6.29. The summed E-state index contributed by atoms with van der Waals surface area (Å²) in [6, 6.07) is 8.30. The highest BCUT2D eigenvalue weighted by Gasteiger charge is 2.43. The molecule has 0 radical (unpaired) electrons. The summed E-state index contributed by atoms with van der Waals surface area (Å²) in [5.41, 5.74) is 0.396. The molecule has 1 aromatic heterocycles. The molecular weight excluding hydrogens is 316 g/mol. The molecule has 7 heteroatoms. The minimum Gasteiger partial charge on any atom is -0.485 e. The Morgan fingerprint density at radius 1 is 1.35 bits per heavy atom. The number of fused-ring (bicyclic) bond motifs is 1. The van der Waals surface area contributed by atoms with Gasteiger partial charge in [-0.05, 0) is 32.0 Å². The number of aromatic nitrogens is 2. The first-order valence-electron chi connectivity index (χ1n) is 7.06. The predicted octanol–water partition coefficient (Wildman–Crippen LogP) is 2.69.